The van der Waals surface area contributed by atoms with Gasteiger partial charge in [-0.05, 0) is 115 Å². The molecule has 0 fully saturated rings. The highest BCUT2D eigenvalue weighted by Gasteiger charge is 2.43. The third kappa shape index (κ3) is 4.93. The minimum absolute atomic E-state index is 0.0967. The molecule has 1 atom stereocenters. The van der Waals surface area contributed by atoms with Gasteiger partial charge in [0, 0.05) is 11.5 Å². The topological polar surface area (TPSA) is 57.5 Å². The summed E-state index contributed by atoms with van der Waals surface area (Å²) < 4.78 is 0. The minimum Gasteiger partial charge on any atom is -0.507 e. The Labute approximate surface area is 255 Å². The number of aryl methyl sites for hydroxylation is 3. The molecule has 0 aliphatic rings. The predicted molar refractivity (Wildman–Crippen MR) is 176 cm³/mol. The van der Waals surface area contributed by atoms with E-state index >= 15 is 0 Å². The van der Waals surface area contributed by atoms with E-state index in [4.69, 9.17) is 0 Å². The van der Waals surface area contributed by atoms with Crippen LogP contribution in [0.5, 0.6) is 5.75 Å². The van der Waals surface area contributed by atoms with E-state index < -0.39 is 11.4 Å². The summed E-state index contributed by atoms with van der Waals surface area (Å²) in [4.78, 5) is 12.8. The first-order chi connectivity index (χ1) is 20.5. The summed E-state index contributed by atoms with van der Waals surface area (Å²) in [5.41, 5.74) is 11.6. The van der Waals surface area contributed by atoms with Crippen molar-refractivity contribution in [3.05, 3.63) is 169 Å². The molecule has 0 heterocycles. The van der Waals surface area contributed by atoms with Crippen LogP contribution >= 0.6 is 0 Å². The molecule has 0 radical (unpaired) electrons. The fourth-order valence-corrected chi connectivity index (χ4v) is 6.66. The van der Waals surface area contributed by atoms with Crippen LogP contribution in [0, 0.1) is 41.5 Å². The number of rotatable bonds is 7. The average molecular weight is 569 g/mol. The molecule has 0 aliphatic carbocycles. The summed E-state index contributed by atoms with van der Waals surface area (Å²) in [5.74, 6) is -1.59. The molecule has 218 valence electrons. The van der Waals surface area contributed by atoms with Crippen molar-refractivity contribution in [3.8, 4) is 5.75 Å². The monoisotopic (exact) mass is 568 g/mol. The number of hydrogen-bond donors (Lipinski definition) is 2. The van der Waals surface area contributed by atoms with Crippen molar-refractivity contribution in [2.45, 2.75) is 59.8 Å². The number of carboxylic acids is 1. The van der Waals surface area contributed by atoms with Crippen molar-refractivity contribution in [2.75, 3.05) is 0 Å². The molecule has 2 N–H and O–H groups in total. The smallest absolute Gasteiger partial charge is 0.339 e. The second kappa shape index (κ2) is 11.6. The minimum atomic E-state index is -1.15. The van der Waals surface area contributed by atoms with Gasteiger partial charge in [0.25, 0.3) is 0 Å². The molecule has 0 aliphatic heterocycles. The molecule has 5 aromatic carbocycles. The first-order valence-electron chi connectivity index (χ1n) is 14.9. The lowest BCUT2D eigenvalue weighted by Gasteiger charge is -2.41. The van der Waals surface area contributed by atoms with Gasteiger partial charge in [-0.2, -0.15) is 0 Å². The summed E-state index contributed by atoms with van der Waals surface area (Å²) in [5, 5.41) is 22.0. The zero-order chi connectivity index (χ0) is 31.1. The summed E-state index contributed by atoms with van der Waals surface area (Å²) in [7, 11) is 0. The van der Waals surface area contributed by atoms with Gasteiger partial charge in [-0.25, -0.2) is 4.79 Å². The maximum absolute atomic E-state index is 12.8. The van der Waals surface area contributed by atoms with Gasteiger partial charge in [-0.3, -0.25) is 0 Å². The summed E-state index contributed by atoms with van der Waals surface area (Å²) in [6.45, 7) is 14.9. The van der Waals surface area contributed by atoms with Crippen molar-refractivity contribution < 1.29 is 15.0 Å². The highest BCUT2D eigenvalue weighted by Crippen LogP contribution is 2.51. The normalized spacial score (nSPS) is 12.3. The Morgan fingerprint density at radius 3 is 1.49 bits per heavy atom. The lowest BCUT2D eigenvalue weighted by Crippen LogP contribution is -2.34. The van der Waals surface area contributed by atoms with E-state index in [0.717, 1.165) is 61.2 Å². The molecule has 5 aromatic rings. The standard InChI is InChI=1S/C40H40O3/c1-24-14-11-19-35(27(24)4)40(36-20-12-15-25(2)28(36)5,37-21-13-16-26(3)29(37)6)32-22-33(38(41)34(23-32)39(42)43)30(7)31-17-9-8-10-18-31/h8-23,30,41H,1-7H3,(H,42,43). The molecule has 0 bridgehead atoms. The number of phenols is 1. The van der Waals surface area contributed by atoms with Gasteiger partial charge in [0.15, 0.2) is 0 Å². The summed E-state index contributed by atoms with van der Waals surface area (Å²) >= 11 is 0. The third-order valence-electron chi connectivity index (χ3n) is 9.59. The van der Waals surface area contributed by atoms with Crippen LogP contribution in [0.4, 0.5) is 0 Å². The second-order valence-electron chi connectivity index (χ2n) is 11.9. The zero-order valence-electron chi connectivity index (χ0n) is 26.1. The number of carboxylic acid groups (broad SMARTS) is 1. The first kappa shape index (κ1) is 29.8. The van der Waals surface area contributed by atoms with Crippen LogP contribution in [-0.4, -0.2) is 16.2 Å². The highest BCUT2D eigenvalue weighted by molar-refractivity contribution is 5.92. The van der Waals surface area contributed by atoms with Crippen LogP contribution in [0.1, 0.15) is 90.0 Å². The van der Waals surface area contributed by atoms with Gasteiger partial charge in [0.1, 0.15) is 11.3 Å². The van der Waals surface area contributed by atoms with E-state index in [0.29, 0.717) is 5.56 Å². The van der Waals surface area contributed by atoms with Crippen molar-refractivity contribution >= 4 is 5.97 Å². The molecule has 0 aromatic heterocycles. The van der Waals surface area contributed by atoms with E-state index in [1.807, 2.05) is 43.3 Å². The van der Waals surface area contributed by atoms with E-state index in [9.17, 15) is 15.0 Å². The molecule has 43 heavy (non-hydrogen) atoms. The van der Waals surface area contributed by atoms with Gasteiger partial charge in [-0.15, -0.1) is 0 Å². The van der Waals surface area contributed by atoms with Gasteiger partial charge < -0.3 is 10.2 Å². The number of benzene rings is 5. The van der Waals surface area contributed by atoms with E-state index in [1.165, 1.54) is 0 Å². The summed E-state index contributed by atoms with van der Waals surface area (Å²) in [6.07, 6.45) is 0. The number of aromatic hydroxyl groups is 1. The maximum Gasteiger partial charge on any atom is 0.339 e. The van der Waals surface area contributed by atoms with E-state index in [1.54, 1.807) is 6.07 Å². The van der Waals surface area contributed by atoms with Crippen LogP contribution in [0.15, 0.2) is 97.1 Å². The molecule has 1 unspecified atom stereocenters. The van der Waals surface area contributed by atoms with Crippen LogP contribution in [0.3, 0.4) is 0 Å². The van der Waals surface area contributed by atoms with Gasteiger partial charge in [0.05, 0.1) is 5.41 Å². The second-order valence-corrected chi connectivity index (χ2v) is 11.9. The Hall–Kier alpha value is -4.63. The average Bonchev–Trinajstić information content (AvgIpc) is 2.99. The number of aromatic carboxylic acids is 1. The van der Waals surface area contributed by atoms with Crippen LogP contribution in [0.25, 0.3) is 0 Å². The third-order valence-corrected chi connectivity index (χ3v) is 9.59. The molecule has 0 saturated carbocycles. The Morgan fingerprint density at radius 2 is 1.07 bits per heavy atom. The molecule has 0 amide bonds. The maximum atomic E-state index is 12.8. The van der Waals surface area contributed by atoms with E-state index in [2.05, 4.69) is 96.1 Å². The Bertz CT molecular complexity index is 1710. The van der Waals surface area contributed by atoms with Crippen molar-refractivity contribution in [3.63, 3.8) is 0 Å². The first-order valence-corrected chi connectivity index (χ1v) is 14.9. The molecular weight excluding hydrogens is 528 g/mol. The Kier molecular flexibility index (Phi) is 8.03. The zero-order valence-corrected chi connectivity index (χ0v) is 26.1. The molecule has 3 nitrogen and oxygen atoms in total. The van der Waals surface area contributed by atoms with Crippen molar-refractivity contribution in [1.29, 1.82) is 0 Å². The fourth-order valence-electron chi connectivity index (χ4n) is 6.66. The SMILES string of the molecule is Cc1cccc(C(c2cc(C(=O)O)c(O)c(C(C)c3ccccc3)c2)(c2cccc(C)c2C)c2cccc(C)c2C)c1C. The largest absolute Gasteiger partial charge is 0.507 e. The van der Waals surface area contributed by atoms with Crippen molar-refractivity contribution in [2.24, 2.45) is 0 Å². The molecule has 5 rings (SSSR count). The van der Waals surface area contributed by atoms with Crippen LogP contribution < -0.4 is 0 Å². The Morgan fingerprint density at radius 1 is 0.628 bits per heavy atom. The molecular formula is C40H40O3. The molecule has 0 saturated heterocycles. The lowest BCUT2D eigenvalue weighted by atomic mass is 9.60. The fraction of sp³-hybridized carbons (Fsp3) is 0.225. The van der Waals surface area contributed by atoms with Crippen LogP contribution in [0.2, 0.25) is 0 Å². The van der Waals surface area contributed by atoms with Gasteiger partial charge >= 0.3 is 5.97 Å². The molecule has 0 spiro atoms. The lowest BCUT2D eigenvalue weighted by molar-refractivity contribution is 0.0693. The van der Waals surface area contributed by atoms with Gasteiger partial charge in [-0.1, -0.05) is 91.9 Å². The van der Waals surface area contributed by atoms with Crippen LogP contribution in [-0.2, 0) is 5.41 Å². The highest BCUT2D eigenvalue weighted by atomic mass is 16.4. The quantitative estimate of drug-likeness (QED) is 0.192. The summed E-state index contributed by atoms with van der Waals surface area (Å²) in [6, 6.07) is 32.9. The Balaban J connectivity index is 2.06. The number of carbonyl (C=O) groups is 1. The van der Waals surface area contributed by atoms with Gasteiger partial charge in [0.2, 0.25) is 0 Å². The van der Waals surface area contributed by atoms with Crippen molar-refractivity contribution in [1.82, 2.24) is 0 Å². The number of hydrogen-bond acceptors (Lipinski definition) is 2. The predicted octanol–water partition coefficient (Wildman–Crippen LogP) is 9.48. The molecule has 3 heteroatoms. The van der Waals surface area contributed by atoms with E-state index in [-0.39, 0.29) is 17.2 Å².